The summed E-state index contributed by atoms with van der Waals surface area (Å²) in [7, 11) is 0. The Hall–Kier alpha value is -1.40. The van der Waals surface area contributed by atoms with E-state index < -0.39 is 0 Å². The number of benzene rings is 1. The molecule has 4 rings (SSSR count). The first-order chi connectivity index (χ1) is 8.29. The molecule has 1 aromatic rings. The van der Waals surface area contributed by atoms with Crippen LogP contribution in [0.4, 0.5) is 5.69 Å². The number of hydrazine groups is 1. The van der Waals surface area contributed by atoms with Gasteiger partial charge in [0.1, 0.15) is 0 Å². The van der Waals surface area contributed by atoms with Crippen LogP contribution < -0.4 is 5.01 Å². The van der Waals surface area contributed by atoms with E-state index in [2.05, 4.69) is 11.2 Å². The summed E-state index contributed by atoms with van der Waals surface area (Å²) in [4.78, 5) is 0. The second kappa shape index (κ2) is 4.12. The van der Waals surface area contributed by atoms with Gasteiger partial charge >= 0.3 is 0 Å². The van der Waals surface area contributed by atoms with Crippen molar-refractivity contribution in [2.45, 2.75) is 37.8 Å². The van der Waals surface area contributed by atoms with Gasteiger partial charge in [0.25, 0.3) is 0 Å². The van der Waals surface area contributed by atoms with Crippen LogP contribution in [-0.2, 0) is 0 Å². The van der Waals surface area contributed by atoms with Crippen molar-refractivity contribution in [3.05, 3.63) is 29.3 Å². The molecule has 1 saturated carbocycles. The highest BCUT2D eigenvalue weighted by Gasteiger charge is 2.40. The van der Waals surface area contributed by atoms with Crippen molar-refractivity contribution in [2.75, 3.05) is 5.01 Å². The molecule has 0 unspecified atom stereocenters. The Morgan fingerprint density at radius 3 is 2.53 bits per heavy atom. The number of halogens is 1. The number of hydrogen-bond donors (Lipinski definition) is 0. The Balaban J connectivity index is 1.98. The Kier molecular flexibility index (Phi) is 2.60. The summed E-state index contributed by atoms with van der Waals surface area (Å²) in [6.07, 6.45) is 6.94. The van der Waals surface area contributed by atoms with Crippen LogP contribution in [0.3, 0.4) is 0 Å². The van der Waals surface area contributed by atoms with Gasteiger partial charge in [-0.1, -0.05) is 17.7 Å². The van der Waals surface area contributed by atoms with Crippen molar-refractivity contribution in [1.82, 2.24) is 5.01 Å². The van der Waals surface area contributed by atoms with E-state index in [1.54, 1.807) is 0 Å². The summed E-state index contributed by atoms with van der Waals surface area (Å²) in [5.74, 6) is 0. The van der Waals surface area contributed by atoms with Gasteiger partial charge in [-0.25, -0.2) is 5.01 Å². The van der Waals surface area contributed by atoms with Crippen molar-refractivity contribution in [3.8, 4) is 6.19 Å². The summed E-state index contributed by atoms with van der Waals surface area (Å²) < 4.78 is 0. The zero-order valence-electron chi connectivity index (χ0n) is 9.51. The molecule has 88 valence electrons. The standard InChI is InChI=1S/C13H14ClN3/c14-10-2-1-3-13(8-10)17-12-6-4-11(5-7-12)16(17)9-15/h1-3,8,11-12H,4-7H2. The SMILES string of the molecule is N#CN1C2CCC(CC2)N1c1cccc(Cl)c1. The molecule has 0 N–H and O–H groups in total. The largest absolute Gasteiger partial charge is 0.273 e. The first kappa shape index (κ1) is 10.7. The van der Waals surface area contributed by atoms with Crippen LogP contribution in [0.5, 0.6) is 0 Å². The minimum absolute atomic E-state index is 0.379. The van der Waals surface area contributed by atoms with Crippen LogP contribution in [0, 0.1) is 11.5 Å². The average molecular weight is 248 g/mol. The quantitative estimate of drug-likeness (QED) is 0.714. The molecule has 0 amide bonds. The molecule has 0 atom stereocenters. The third-order valence-corrected chi connectivity index (χ3v) is 4.00. The molecular formula is C13H14ClN3. The fraction of sp³-hybridized carbons (Fsp3) is 0.462. The molecule has 1 aromatic carbocycles. The van der Waals surface area contributed by atoms with Gasteiger partial charge in [0.15, 0.2) is 6.19 Å². The van der Waals surface area contributed by atoms with Crippen LogP contribution in [-0.4, -0.2) is 17.1 Å². The lowest BCUT2D eigenvalue weighted by molar-refractivity contribution is 0.110. The zero-order valence-corrected chi connectivity index (χ0v) is 10.3. The lowest BCUT2D eigenvalue weighted by Gasteiger charge is -2.51. The van der Waals surface area contributed by atoms with Crippen LogP contribution in [0.2, 0.25) is 5.02 Å². The molecule has 0 aromatic heterocycles. The summed E-state index contributed by atoms with van der Waals surface area (Å²) >= 11 is 6.03. The molecule has 1 aliphatic carbocycles. The van der Waals surface area contributed by atoms with Gasteiger partial charge in [-0.05, 0) is 43.9 Å². The van der Waals surface area contributed by atoms with Crippen molar-refractivity contribution >= 4 is 17.3 Å². The molecular weight excluding hydrogens is 234 g/mol. The van der Waals surface area contributed by atoms with Crippen LogP contribution in [0.1, 0.15) is 25.7 Å². The van der Waals surface area contributed by atoms with Gasteiger partial charge < -0.3 is 0 Å². The zero-order chi connectivity index (χ0) is 11.8. The lowest BCUT2D eigenvalue weighted by atomic mass is 9.87. The Morgan fingerprint density at radius 2 is 1.88 bits per heavy atom. The minimum atomic E-state index is 0.379. The van der Waals surface area contributed by atoms with E-state index in [1.807, 2.05) is 29.3 Å². The summed E-state index contributed by atoms with van der Waals surface area (Å²) in [6.45, 7) is 0. The maximum absolute atomic E-state index is 9.32. The maximum atomic E-state index is 9.32. The van der Waals surface area contributed by atoms with Gasteiger partial charge in [-0.2, -0.15) is 5.26 Å². The molecule has 3 nitrogen and oxygen atoms in total. The van der Waals surface area contributed by atoms with Crippen molar-refractivity contribution in [1.29, 1.82) is 5.26 Å². The molecule has 4 heteroatoms. The molecule has 2 bridgehead atoms. The normalized spacial score (nSPS) is 27.1. The highest BCUT2D eigenvalue weighted by Crippen LogP contribution is 2.38. The summed E-state index contributed by atoms with van der Waals surface area (Å²) in [5.41, 5.74) is 1.04. The first-order valence-corrected chi connectivity index (χ1v) is 6.41. The second-order valence-corrected chi connectivity index (χ2v) is 5.17. The van der Waals surface area contributed by atoms with Crippen molar-refractivity contribution in [3.63, 3.8) is 0 Å². The van der Waals surface area contributed by atoms with Crippen LogP contribution in [0.15, 0.2) is 24.3 Å². The molecule has 0 spiro atoms. The molecule has 2 aliphatic heterocycles. The van der Waals surface area contributed by atoms with E-state index in [1.165, 1.54) is 12.8 Å². The Labute approximate surface area is 106 Å². The van der Waals surface area contributed by atoms with E-state index in [0.717, 1.165) is 23.6 Å². The van der Waals surface area contributed by atoms with Gasteiger partial charge in [0.05, 0.1) is 17.8 Å². The number of nitrogens with zero attached hydrogens (tertiary/aromatic N) is 3. The van der Waals surface area contributed by atoms with E-state index in [0.29, 0.717) is 12.1 Å². The topological polar surface area (TPSA) is 30.3 Å². The third kappa shape index (κ3) is 1.73. The van der Waals surface area contributed by atoms with E-state index >= 15 is 0 Å². The predicted molar refractivity (Wildman–Crippen MR) is 67.4 cm³/mol. The maximum Gasteiger partial charge on any atom is 0.200 e. The minimum Gasteiger partial charge on any atom is -0.273 e. The van der Waals surface area contributed by atoms with Gasteiger partial charge in [0.2, 0.25) is 0 Å². The number of hydrogen-bond acceptors (Lipinski definition) is 3. The first-order valence-electron chi connectivity index (χ1n) is 6.03. The number of anilines is 1. The summed E-state index contributed by atoms with van der Waals surface area (Å²) in [5, 5.41) is 14.0. The fourth-order valence-electron chi connectivity index (χ4n) is 2.98. The predicted octanol–water partition coefficient (Wildman–Crippen LogP) is 3.17. The van der Waals surface area contributed by atoms with E-state index in [9.17, 15) is 5.26 Å². The smallest absolute Gasteiger partial charge is 0.200 e. The monoisotopic (exact) mass is 247 g/mol. The molecule has 17 heavy (non-hydrogen) atoms. The Morgan fingerprint density at radius 1 is 1.18 bits per heavy atom. The van der Waals surface area contributed by atoms with Crippen LogP contribution >= 0.6 is 11.6 Å². The molecule has 2 heterocycles. The lowest BCUT2D eigenvalue weighted by Crippen LogP contribution is -2.59. The number of nitriles is 1. The average Bonchev–Trinajstić information content (AvgIpc) is 2.39. The highest BCUT2D eigenvalue weighted by atomic mass is 35.5. The van der Waals surface area contributed by atoms with Gasteiger partial charge in [0, 0.05) is 5.02 Å². The van der Waals surface area contributed by atoms with Crippen molar-refractivity contribution in [2.24, 2.45) is 0 Å². The van der Waals surface area contributed by atoms with Gasteiger partial charge in [-0.3, -0.25) is 5.01 Å². The van der Waals surface area contributed by atoms with Gasteiger partial charge in [-0.15, -0.1) is 0 Å². The molecule has 0 radical (unpaired) electrons. The molecule has 3 fully saturated rings. The van der Waals surface area contributed by atoms with E-state index in [-0.39, 0.29) is 0 Å². The number of rotatable bonds is 1. The second-order valence-electron chi connectivity index (χ2n) is 4.73. The number of fused-ring (bicyclic) bond motifs is 3. The highest BCUT2D eigenvalue weighted by molar-refractivity contribution is 6.30. The third-order valence-electron chi connectivity index (χ3n) is 3.77. The van der Waals surface area contributed by atoms with E-state index in [4.69, 9.17) is 11.6 Å². The summed E-state index contributed by atoms with van der Waals surface area (Å²) in [6, 6.07) is 8.60. The molecule has 3 aliphatic rings. The van der Waals surface area contributed by atoms with Crippen molar-refractivity contribution < 1.29 is 0 Å². The van der Waals surface area contributed by atoms with Crippen LogP contribution in [0.25, 0.3) is 0 Å². The fourth-order valence-corrected chi connectivity index (χ4v) is 3.17. The Bertz CT molecular complexity index is 460. The molecule has 2 saturated heterocycles.